The Bertz CT molecular complexity index is 1000. The maximum atomic E-state index is 12.2. The van der Waals surface area contributed by atoms with Crippen molar-refractivity contribution in [2.24, 2.45) is 0 Å². The van der Waals surface area contributed by atoms with Crippen LogP contribution < -0.4 is 20.1 Å². The summed E-state index contributed by atoms with van der Waals surface area (Å²) in [5, 5.41) is 27.0. The first-order valence-electron chi connectivity index (χ1n) is 14.1. The van der Waals surface area contributed by atoms with Gasteiger partial charge in [-0.2, -0.15) is 0 Å². The minimum Gasteiger partial charge on any atom is -0.406 e. The zero-order chi connectivity index (χ0) is 31.0. The van der Waals surface area contributed by atoms with Gasteiger partial charge in [0.1, 0.15) is 11.5 Å². The summed E-state index contributed by atoms with van der Waals surface area (Å²) in [6.07, 6.45) is -3.36. The fourth-order valence-electron chi connectivity index (χ4n) is 6.34. The molecule has 4 atom stereocenters. The van der Waals surface area contributed by atoms with Crippen molar-refractivity contribution in [3.63, 3.8) is 0 Å². The molecule has 0 spiro atoms. The second kappa shape index (κ2) is 14.3. The Kier molecular flexibility index (Phi) is 11.6. The van der Waals surface area contributed by atoms with Gasteiger partial charge in [-0.05, 0) is 75.2 Å². The molecule has 6 nitrogen and oxygen atoms in total. The van der Waals surface area contributed by atoms with Crippen molar-refractivity contribution >= 4 is 0 Å². The Balaban J connectivity index is 0.000000230. The molecule has 4 N–H and O–H groups in total. The Morgan fingerprint density at radius 3 is 1.24 bits per heavy atom. The van der Waals surface area contributed by atoms with Crippen molar-refractivity contribution in [2.45, 2.75) is 87.1 Å². The van der Waals surface area contributed by atoms with Gasteiger partial charge in [0.2, 0.25) is 0 Å². The van der Waals surface area contributed by atoms with E-state index in [1.807, 2.05) is 14.1 Å². The standard InChI is InChI=1S/2C15H20F3NO2/c2*1-19-10-14(9-3-2-4-13(14)20)11-5-7-12(8-6-11)21-15(16,17)18/h2*5-8,13,19-20H,2-4,9-10H2,1H3/t2*13-,14+/m10/s1. The highest BCUT2D eigenvalue weighted by Gasteiger charge is 2.42. The summed E-state index contributed by atoms with van der Waals surface area (Å²) in [7, 11) is 3.62. The first kappa shape index (κ1) is 34.0. The number of nitrogens with one attached hydrogen (secondary N) is 2. The van der Waals surface area contributed by atoms with Crippen LogP contribution in [-0.2, 0) is 10.8 Å². The van der Waals surface area contributed by atoms with E-state index in [0.29, 0.717) is 25.9 Å². The third-order valence-electron chi connectivity index (χ3n) is 8.29. The summed E-state index contributed by atoms with van der Waals surface area (Å²) < 4.78 is 80.9. The SMILES string of the molecule is CNC[C@@]1(c2ccc(OC(F)(F)F)cc2)CCCC[C@@H]1O.CNC[C@]1(c2ccc(OC(F)(F)F)cc2)CCCC[C@H]1O. The highest BCUT2D eigenvalue weighted by molar-refractivity contribution is 5.35. The lowest BCUT2D eigenvalue weighted by Gasteiger charge is -2.42. The average Bonchev–Trinajstić information content (AvgIpc) is 2.91. The van der Waals surface area contributed by atoms with Crippen LogP contribution in [0.5, 0.6) is 11.5 Å². The number of hydrogen-bond donors (Lipinski definition) is 4. The van der Waals surface area contributed by atoms with Gasteiger partial charge in [-0.25, -0.2) is 0 Å². The first-order chi connectivity index (χ1) is 19.7. The monoisotopic (exact) mass is 606 g/mol. The summed E-state index contributed by atoms with van der Waals surface area (Å²) in [4.78, 5) is 0. The molecule has 0 amide bonds. The lowest BCUT2D eigenvalue weighted by atomic mass is 9.67. The van der Waals surface area contributed by atoms with Crippen LogP contribution in [0, 0.1) is 0 Å². The number of alkyl halides is 6. The van der Waals surface area contributed by atoms with E-state index >= 15 is 0 Å². The van der Waals surface area contributed by atoms with Gasteiger partial charge in [0.25, 0.3) is 0 Å². The van der Waals surface area contributed by atoms with Crippen molar-refractivity contribution in [3.05, 3.63) is 59.7 Å². The third kappa shape index (κ3) is 8.75. The Hall–Kier alpha value is -2.54. The maximum Gasteiger partial charge on any atom is 0.573 e. The van der Waals surface area contributed by atoms with Crippen LogP contribution in [0.1, 0.15) is 62.5 Å². The van der Waals surface area contributed by atoms with Crippen LogP contribution in [0.3, 0.4) is 0 Å². The topological polar surface area (TPSA) is 83.0 Å². The van der Waals surface area contributed by atoms with E-state index in [4.69, 9.17) is 0 Å². The molecule has 0 radical (unpaired) electrons. The molecule has 0 aromatic heterocycles. The van der Waals surface area contributed by atoms with Gasteiger partial charge in [0.15, 0.2) is 0 Å². The van der Waals surface area contributed by atoms with Crippen LogP contribution >= 0.6 is 0 Å². The molecule has 0 unspecified atom stereocenters. The maximum absolute atomic E-state index is 12.2. The smallest absolute Gasteiger partial charge is 0.406 e. The molecule has 0 aliphatic heterocycles. The van der Waals surface area contributed by atoms with E-state index in [-0.39, 0.29) is 11.5 Å². The van der Waals surface area contributed by atoms with Crippen molar-refractivity contribution in [3.8, 4) is 11.5 Å². The number of halogens is 6. The zero-order valence-corrected chi connectivity index (χ0v) is 23.8. The summed E-state index contributed by atoms with van der Waals surface area (Å²) in [5.74, 6) is -0.479. The minimum absolute atomic E-state index is 0.240. The largest absolute Gasteiger partial charge is 0.573 e. The normalized spacial score (nSPS) is 26.6. The van der Waals surface area contributed by atoms with E-state index in [1.54, 1.807) is 24.3 Å². The van der Waals surface area contributed by atoms with Crippen LogP contribution in [-0.4, -0.2) is 62.3 Å². The number of hydrogen-bond acceptors (Lipinski definition) is 6. The third-order valence-corrected chi connectivity index (χ3v) is 8.29. The molecule has 0 saturated heterocycles. The number of rotatable bonds is 8. The first-order valence-corrected chi connectivity index (χ1v) is 14.1. The second-order valence-electron chi connectivity index (χ2n) is 11.0. The number of aliphatic hydroxyl groups is 2. The summed E-state index contributed by atoms with van der Waals surface area (Å²) in [6, 6.07) is 11.7. The summed E-state index contributed by atoms with van der Waals surface area (Å²) in [5.41, 5.74) is 0.810. The number of benzene rings is 2. The molecule has 42 heavy (non-hydrogen) atoms. The van der Waals surface area contributed by atoms with E-state index in [0.717, 1.165) is 49.7 Å². The average molecular weight is 607 g/mol. The van der Waals surface area contributed by atoms with Crippen molar-refractivity contribution < 1.29 is 46.0 Å². The summed E-state index contributed by atoms with van der Waals surface area (Å²) in [6.45, 7) is 1.18. The highest BCUT2D eigenvalue weighted by Crippen LogP contribution is 2.41. The minimum atomic E-state index is -4.69. The molecule has 2 aromatic carbocycles. The molecular weight excluding hydrogens is 566 g/mol. The van der Waals surface area contributed by atoms with Crippen LogP contribution in [0.2, 0.25) is 0 Å². The second-order valence-corrected chi connectivity index (χ2v) is 11.0. The molecule has 2 aromatic rings. The van der Waals surface area contributed by atoms with E-state index < -0.39 is 35.8 Å². The number of ether oxygens (including phenoxy) is 2. The van der Waals surface area contributed by atoms with Gasteiger partial charge in [0.05, 0.1) is 12.2 Å². The molecule has 2 aliphatic rings. The quantitative estimate of drug-likeness (QED) is 0.278. The van der Waals surface area contributed by atoms with Crippen LogP contribution in [0.4, 0.5) is 26.3 Å². The zero-order valence-electron chi connectivity index (χ0n) is 23.8. The Labute approximate surface area is 242 Å². The molecular formula is C30H40F6N2O4. The van der Waals surface area contributed by atoms with Gasteiger partial charge in [-0.1, -0.05) is 49.9 Å². The van der Waals surface area contributed by atoms with Crippen molar-refractivity contribution in [1.29, 1.82) is 0 Å². The molecule has 0 heterocycles. The molecule has 236 valence electrons. The van der Waals surface area contributed by atoms with Gasteiger partial charge in [0, 0.05) is 23.9 Å². The van der Waals surface area contributed by atoms with Crippen LogP contribution in [0.25, 0.3) is 0 Å². The number of aliphatic hydroxyl groups excluding tert-OH is 2. The Morgan fingerprint density at radius 2 is 0.976 bits per heavy atom. The van der Waals surface area contributed by atoms with Gasteiger partial charge in [-0.15, -0.1) is 26.3 Å². The van der Waals surface area contributed by atoms with Gasteiger partial charge < -0.3 is 30.3 Å². The lowest BCUT2D eigenvalue weighted by Crippen LogP contribution is -2.48. The van der Waals surface area contributed by atoms with Gasteiger partial charge >= 0.3 is 12.7 Å². The molecule has 2 saturated carbocycles. The van der Waals surface area contributed by atoms with E-state index in [1.165, 1.54) is 24.3 Å². The van der Waals surface area contributed by atoms with E-state index in [9.17, 15) is 36.6 Å². The predicted molar refractivity (Wildman–Crippen MR) is 146 cm³/mol. The van der Waals surface area contributed by atoms with Crippen molar-refractivity contribution in [1.82, 2.24) is 10.6 Å². The molecule has 4 rings (SSSR count). The number of likely N-dealkylation sites (N-methyl/N-ethyl adjacent to an activating group) is 2. The highest BCUT2D eigenvalue weighted by atomic mass is 19.4. The predicted octanol–water partition coefficient (Wildman–Crippen LogP) is 5.95. The van der Waals surface area contributed by atoms with Crippen LogP contribution in [0.15, 0.2) is 48.5 Å². The van der Waals surface area contributed by atoms with Gasteiger partial charge in [-0.3, -0.25) is 0 Å². The molecule has 0 bridgehead atoms. The van der Waals surface area contributed by atoms with Crippen molar-refractivity contribution in [2.75, 3.05) is 27.2 Å². The molecule has 2 aliphatic carbocycles. The van der Waals surface area contributed by atoms with E-state index in [2.05, 4.69) is 20.1 Å². The summed E-state index contributed by atoms with van der Waals surface area (Å²) >= 11 is 0. The lowest BCUT2D eigenvalue weighted by molar-refractivity contribution is -0.275. The fraction of sp³-hybridized carbons (Fsp3) is 0.600. The molecule has 12 heteroatoms. The molecule has 2 fully saturated rings. The Morgan fingerprint density at radius 1 is 0.643 bits per heavy atom. The fourth-order valence-corrected chi connectivity index (χ4v) is 6.34.